The van der Waals surface area contributed by atoms with Gasteiger partial charge in [-0.25, -0.2) is 0 Å². The number of hydrogen-bond acceptors (Lipinski definition) is 3. The lowest BCUT2D eigenvalue weighted by molar-refractivity contribution is 0.184. The van der Waals surface area contributed by atoms with Crippen LogP contribution in [0.3, 0.4) is 0 Å². The molecule has 2 heterocycles. The van der Waals surface area contributed by atoms with E-state index in [0.29, 0.717) is 6.04 Å². The zero-order valence-corrected chi connectivity index (χ0v) is 8.66. The van der Waals surface area contributed by atoms with Crippen LogP contribution < -0.4 is 0 Å². The standard InChI is InChI=1S/C10H16N2O2/c1-7-10(5-13)8(2)12(11-7)9-3-4-14-6-9/h9,13H,3-6H2,1-2H3. The van der Waals surface area contributed by atoms with Gasteiger partial charge in [0.2, 0.25) is 0 Å². The minimum Gasteiger partial charge on any atom is -0.392 e. The first kappa shape index (κ1) is 9.68. The van der Waals surface area contributed by atoms with Crippen molar-refractivity contribution in [2.75, 3.05) is 13.2 Å². The summed E-state index contributed by atoms with van der Waals surface area (Å²) in [5, 5.41) is 13.6. The average molecular weight is 196 g/mol. The van der Waals surface area contributed by atoms with E-state index in [-0.39, 0.29) is 6.61 Å². The van der Waals surface area contributed by atoms with Crippen LogP contribution in [0.25, 0.3) is 0 Å². The molecule has 1 aliphatic rings. The summed E-state index contributed by atoms with van der Waals surface area (Å²) in [4.78, 5) is 0. The summed E-state index contributed by atoms with van der Waals surface area (Å²) in [5.74, 6) is 0. The van der Waals surface area contributed by atoms with Crippen LogP contribution in [0.4, 0.5) is 0 Å². The molecule has 0 aromatic carbocycles. The van der Waals surface area contributed by atoms with E-state index in [4.69, 9.17) is 4.74 Å². The van der Waals surface area contributed by atoms with Crippen molar-refractivity contribution >= 4 is 0 Å². The van der Waals surface area contributed by atoms with Crippen molar-refractivity contribution in [2.24, 2.45) is 0 Å². The molecule has 0 amide bonds. The quantitative estimate of drug-likeness (QED) is 0.766. The second-order valence-electron chi connectivity index (χ2n) is 3.77. The molecule has 4 nitrogen and oxygen atoms in total. The summed E-state index contributed by atoms with van der Waals surface area (Å²) in [6.45, 7) is 5.57. The van der Waals surface area contributed by atoms with Crippen LogP contribution in [0, 0.1) is 13.8 Å². The topological polar surface area (TPSA) is 47.3 Å². The Morgan fingerprint density at radius 3 is 2.86 bits per heavy atom. The van der Waals surface area contributed by atoms with Gasteiger partial charge in [-0.1, -0.05) is 0 Å². The zero-order valence-electron chi connectivity index (χ0n) is 8.66. The molecule has 1 aromatic heterocycles. The number of aliphatic hydroxyl groups is 1. The largest absolute Gasteiger partial charge is 0.392 e. The van der Waals surface area contributed by atoms with Crippen LogP contribution in [0.15, 0.2) is 0 Å². The van der Waals surface area contributed by atoms with E-state index in [9.17, 15) is 5.11 Å². The molecule has 1 fully saturated rings. The van der Waals surface area contributed by atoms with Gasteiger partial charge in [-0.3, -0.25) is 4.68 Å². The van der Waals surface area contributed by atoms with Crippen molar-refractivity contribution in [3.05, 3.63) is 17.0 Å². The Balaban J connectivity index is 2.33. The molecule has 0 saturated carbocycles. The monoisotopic (exact) mass is 196 g/mol. The van der Waals surface area contributed by atoms with E-state index in [1.807, 2.05) is 18.5 Å². The Morgan fingerprint density at radius 1 is 1.57 bits per heavy atom. The van der Waals surface area contributed by atoms with Gasteiger partial charge in [0.1, 0.15) is 0 Å². The molecule has 2 rings (SSSR count). The first-order valence-electron chi connectivity index (χ1n) is 4.97. The highest BCUT2D eigenvalue weighted by Crippen LogP contribution is 2.23. The normalized spacial score (nSPS) is 21.8. The molecule has 0 radical (unpaired) electrons. The minimum atomic E-state index is 0.0746. The van der Waals surface area contributed by atoms with Gasteiger partial charge < -0.3 is 9.84 Å². The second kappa shape index (κ2) is 3.71. The number of nitrogens with zero attached hydrogens (tertiary/aromatic N) is 2. The van der Waals surface area contributed by atoms with Gasteiger partial charge in [-0.05, 0) is 20.3 Å². The summed E-state index contributed by atoms with van der Waals surface area (Å²) in [7, 11) is 0. The van der Waals surface area contributed by atoms with E-state index in [1.54, 1.807) is 0 Å². The number of aliphatic hydroxyl groups excluding tert-OH is 1. The number of aromatic nitrogens is 2. The maximum absolute atomic E-state index is 9.17. The van der Waals surface area contributed by atoms with Crippen molar-refractivity contribution in [1.82, 2.24) is 9.78 Å². The summed E-state index contributed by atoms with van der Waals surface area (Å²) in [6.07, 6.45) is 1.02. The first-order valence-corrected chi connectivity index (χ1v) is 4.97. The smallest absolute Gasteiger partial charge is 0.0777 e. The third kappa shape index (κ3) is 1.44. The lowest BCUT2D eigenvalue weighted by atomic mass is 10.2. The highest BCUT2D eigenvalue weighted by Gasteiger charge is 2.22. The van der Waals surface area contributed by atoms with Crippen LogP contribution in [-0.4, -0.2) is 28.1 Å². The molecule has 1 atom stereocenters. The second-order valence-corrected chi connectivity index (χ2v) is 3.77. The maximum Gasteiger partial charge on any atom is 0.0777 e. The molecule has 0 spiro atoms. The van der Waals surface area contributed by atoms with Gasteiger partial charge in [0, 0.05) is 17.9 Å². The molecule has 78 valence electrons. The molecule has 1 saturated heterocycles. The van der Waals surface area contributed by atoms with E-state index in [0.717, 1.165) is 36.6 Å². The van der Waals surface area contributed by atoms with Crippen LogP contribution in [-0.2, 0) is 11.3 Å². The van der Waals surface area contributed by atoms with Gasteiger partial charge >= 0.3 is 0 Å². The van der Waals surface area contributed by atoms with Gasteiger partial charge in [0.05, 0.1) is 24.9 Å². The van der Waals surface area contributed by atoms with E-state index in [2.05, 4.69) is 5.10 Å². The van der Waals surface area contributed by atoms with Crippen molar-refractivity contribution in [3.8, 4) is 0 Å². The fourth-order valence-corrected chi connectivity index (χ4v) is 2.00. The summed E-state index contributed by atoms with van der Waals surface area (Å²) < 4.78 is 7.32. The molecule has 1 N–H and O–H groups in total. The third-order valence-electron chi connectivity index (χ3n) is 2.88. The molecule has 14 heavy (non-hydrogen) atoms. The molecule has 0 aliphatic carbocycles. The Morgan fingerprint density at radius 2 is 2.36 bits per heavy atom. The van der Waals surface area contributed by atoms with Gasteiger partial charge in [-0.15, -0.1) is 0 Å². The number of rotatable bonds is 2. The van der Waals surface area contributed by atoms with Crippen molar-refractivity contribution in [3.63, 3.8) is 0 Å². The lowest BCUT2D eigenvalue weighted by Crippen LogP contribution is -2.12. The number of ether oxygens (including phenoxy) is 1. The van der Waals surface area contributed by atoms with E-state index >= 15 is 0 Å². The minimum absolute atomic E-state index is 0.0746. The fourth-order valence-electron chi connectivity index (χ4n) is 2.00. The Kier molecular flexibility index (Phi) is 2.56. The van der Waals surface area contributed by atoms with Crippen LogP contribution >= 0.6 is 0 Å². The third-order valence-corrected chi connectivity index (χ3v) is 2.88. The molecule has 4 heteroatoms. The maximum atomic E-state index is 9.17. The predicted octanol–water partition coefficient (Wildman–Crippen LogP) is 0.954. The Hall–Kier alpha value is -0.870. The van der Waals surface area contributed by atoms with Crippen LogP contribution in [0.5, 0.6) is 0 Å². The molecular weight excluding hydrogens is 180 g/mol. The summed E-state index contributed by atoms with van der Waals surface area (Å²) >= 11 is 0. The first-order chi connectivity index (χ1) is 6.74. The van der Waals surface area contributed by atoms with Crippen molar-refractivity contribution in [1.29, 1.82) is 0 Å². The van der Waals surface area contributed by atoms with Crippen LogP contribution in [0.2, 0.25) is 0 Å². The molecular formula is C10H16N2O2. The van der Waals surface area contributed by atoms with E-state index in [1.165, 1.54) is 0 Å². The van der Waals surface area contributed by atoms with Gasteiger partial charge in [0.15, 0.2) is 0 Å². The van der Waals surface area contributed by atoms with Crippen LogP contribution in [0.1, 0.15) is 29.4 Å². The Labute approximate surface area is 83.5 Å². The predicted molar refractivity (Wildman–Crippen MR) is 52.1 cm³/mol. The molecule has 0 bridgehead atoms. The summed E-state index contributed by atoms with van der Waals surface area (Å²) in [6, 6.07) is 0.356. The highest BCUT2D eigenvalue weighted by atomic mass is 16.5. The number of hydrogen-bond donors (Lipinski definition) is 1. The molecule has 1 aliphatic heterocycles. The highest BCUT2D eigenvalue weighted by molar-refractivity contribution is 5.24. The SMILES string of the molecule is Cc1nn(C2CCOC2)c(C)c1CO. The molecule has 1 unspecified atom stereocenters. The molecule has 1 aromatic rings. The fraction of sp³-hybridized carbons (Fsp3) is 0.700. The van der Waals surface area contributed by atoms with E-state index < -0.39 is 0 Å². The average Bonchev–Trinajstić information content (AvgIpc) is 2.74. The zero-order chi connectivity index (χ0) is 10.1. The van der Waals surface area contributed by atoms with Gasteiger partial charge in [-0.2, -0.15) is 5.10 Å². The lowest BCUT2D eigenvalue weighted by Gasteiger charge is -2.10. The number of aryl methyl sites for hydroxylation is 1. The Bertz CT molecular complexity index is 327. The summed E-state index contributed by atoms with van der Waals surface area (Å²) in [5.41, 5.74) is 2.95. The van der Waals surface area contributed by atoms with Gasteiger partial charge in [0.25, 0.3) is 0 Å². The van der Waals surface area contributed by atoms with Crippen molar-refractivity contribution < 1.29 is 9.84 Å². The van der Waals surface area contributed by atoms with Crippen molar-refractivity contribution in [2.45, 2.75) is 32.9 Å².